The second-order valence-electron chi connectivity index (χ2n) is 3.78. The Morgan fingerprint density at radius 1 is 0.867 bits per heavy atom. The molecule has 0 aliphatic carbocycles. The summed E-state index contributed by atoms with van der Waals surface area (Å²) in [6.45, 7) is 20.0. The van der Waals surface area contributed by atoms with Gasteiger partial charge in [-0.15, -0.1) is 6.58 Å². The number of hydrogen-bond acceptors (Lipinski definition) is 2. The highest BCUT2D eigenvalue weighted by Gasteiger charge is 2.38. The third kappa shape index (κ3) is 2.92. The van der Waals surface area contributed by atoms with E-state index in [0.717, 1.165) is 26.2 Å². The molecule has 0 aromatic heterocycles. The molecule has 0 rings (SSSR count). The summed E-state index contributed by atoms with van der Waals surface area (Å²) < 4.78 is 5.26. The van der Waals surface area contributed by atoms with Gasteiger partial charge in [-0.1, -0.05) is 40.3 Å². The zero-order valence-electron chi connectivity index (χ0n) is 11.2. The van der Waals surface area contributed by atoms with Crippen molar-refractivity contribution in [1.82, 2.24) is 9.13 Å². The van der Waals surface area contributed by atoms with E-state index < -0.39 is 8.40 Å². The van der Waals surface area contributed by atoms with Crippen LogP contribution in [0, 0.1) is 0 Å². The molecule has 0 radical (unpaired) electrons. The Morgan fingerprint density at radius 3 is 1.33 bits per heavy atom. The number of rotatable bonds is 8. The first-order valence-corrected chi connectivity index (χ1v) is 8.48. The van der Waals surface area contributed by atoms with Gasteiger partial charge in [-0.3, -0.25) is 0 Å². The highest BCUT2D eigenvalue weighted by atomic mass is 28.3. The Hall–Kier alpha value is -0.123. The SMILES string of the molecule is C=C[Si](CC)(N(CC)CC)N(CC)CC. The fourth-order valence-corrected chi connectivity index (χ4v) is 6.88. The smallest absolute Gasteiger partial charge is 0.231 e. The first-order valence-electron chi connectivity index (χ1n) is 6.30. The van der Waals surface area contributed by atoms with Crippen molar-refractivity contribution in [2.75, 3.05) is 26.2 Å². The summed E-state index contributed by atoms with van der Waals surface area (Å²) >= 11 is 0. The van der Waals surface area contributed by atoms with Gasteiger partial charge in [0.1, 0.15) is 0 Å². The molecular weight excluding hydrogens is 200 g/mol. The van der Waals surface area contributed by atoms with Crippen LogP contribution in [0.5, 0.6) is 0 Å². The van der Waals surface area contributed by atoms with Crippen LogP contribution in [-0.4, -0.2) is 43.7 Å². The van der Waals surface area contributed by atoms with E-state index in [-0.39, 0.29) is 0 Å². The van der Waals surface area contributed by atoms with Crippen molar-refractivity contribution in [3.63, 3.8) is 0 Å². The van der Waals surface area contributed by atoms with Gasteiger partial charge in [-0.25, -0.2) is 0 Å². The van der Waals surface area contributed by atoms with Crippen LogP contribution in [0.3, 0.4) is 0 Å². The maximum atomic E-state index is 4.12. The van der Waals surface area contributed by atoms with Crippen LogP contribution in [0.15, 0.2) is 12.3 Å². The minimum absolute atomic E-state index is 1.14. The zero-order valence-corrected chi connectivity index (χ0v) is 12.2. The van der Waals surface area contributed by atoms with E-state index in [1.54, 1.807) is 0 Å². The Kier molecular flexibility index (Phi) is 7.14. The maximum Gasteiger partial charge on any atom is 0.231 e. The highest BCUT2D eigenvalue weighted by Crippen LogP contribution is 2.21. The molecule has 0 N–H and O–H groups in total. The molecule has 0 heterocycles. The number of nitrogens with zero attached hydrogens (tertiary/aromatic N) is 2. The molecule has 0 saturated heterocycles. The lowest BCUT2D eigenvalue weighted by atomic mass is 10.7. The van der Waals surface area contributed by atoms with Crippen LogP contribution >= 0.6 is 0 Å². The zero-order chi connectivity index (χ0) is 11.9. The molecule has 0 spiro atoms. The number of hydrogen-bond donors (Lipinski definition) is 0. The van der Waals surface area contributed by atoms with Crippen LogP contribution in [0.4, 0.5) is 0 Å². The first-order chi connectivity index (χ1) is 7.16. The van der Waals surface area contributed by atoms with Gasteiger partial charge in [0, 0.05) is 0 Å². The summed E-state index contributed by atoms with van der Waals surface area (Å²) in [4.78, 5) is 0. The van der Waals surface area contributed by atoms with Gasteiger partial charge in [-0.2, -0.15) is 0 Å². The van der Waals surface area contributed by atoms with Crippen molar-refractivity contribution in [2.24, 2.45) is 0 Å². The van der Waals surface area contributed by atoms with Crippen LogP contribution < -0.4 is 0 Å². The quantitative estimate of drug-likeness (QED) is 0.590. The fraction of sp³-hybridized carbons (Fsp3) is 0.833. The van der Waals surface area contributed by atoms with Crippen LogP contribution in [0.2, 0.25) is 6.04 Å². The lowest BCUT2D eigenvalue weighted by molar-refractivity contribution is 0.360. The van der Waals surface area contributed by atoms with Crippen molar-refractivity contribution in [2.45, 2.75) is 40.7 Å². The van der Waals surface area contributed by atoms with E-state index in [2.05, 4.69) is 56.0 Å². The van der Waals surface area contributed by atoms with E-state index in [0.29, 0.717) is 0 Å². The van der Waals surface area contributed by atoms with Crippen molar-refractivity contribution >= 4 is 8.40 Å². The molecule has 0 aromatic rings. The Labute approximate surface area is 97.1 Å². The summed E-state index contributed by atoms with van der Waals surface area (Å²) in [6.07, 6.45) is 0. The average Bonchev–Trinajstić information content (AvgIpc) is 2.29. The predicted octanol–water partition coefficient (Wildman–Crippen LogP) is 2.86. The molecule has 0 amide bonds. The Morgan fingerprint density at radius 2 is 1.20 bits per heavy atom. The molecule has 0 aliphatic rings. The molecule has 0 saturated carbocycles. The second-order valence-corrected chi connectivity index (χ2v) is 7.92. The van der Waals surface area contributed by atoms with Gasteiger partial charge in [0.2, 0.25) is 8.40 Å². The summed E-state index contributed by atoms with van der Waals surface area (Å²) in [6, 6.07) is 1.24. The van der Waals surface area contributed by atoms with Gasteiger partial charge in [0.05, 0.1) is 0 Å². The van der Waals surface area contributed by atoms with Crippen LogP contribution in [-0.2, 0) is 0 Å². The van der Waals surface area contributed by atoms with E-state index in [4.69, 9.17) is 0 Å². The van der Waals surface area contributed by atoms with Gasteiger partial charge in [0.25, 0.3) is 0 Å². The second kappa shape index (κ2) is 7.20. The highest BCUT2D eigenvalue weighted by molar-refractivity contribution is 6.79. The van der Waals surface area contributed by atoms with Gasteiger partial charge >= 0.3 is 0 Å². The van der Waals surface area contributed by atoms with Crippen LogP contribution in [0.1, 0.15) is 34.6 Å². The molecule has 0 bridgehead atoms. The van der Waals surface area contributed by atoms with Crippen molar-refractivity contribution in [1.29, 1.82) is 0 Å². The van der Waals surface area contributed by atoms with Crippen molar-refractivity contribution < 1.29 is 0 Å². The summed E-state index contributed by atoms with van der Waals surface area (Å²) in [7, 11) is -1.57. The molecule has 0 fully saturated rings. The monoisotopic (exact) mass is 228 g/mol. The predicted molar refractivity (Wildman–Crippen MR) is 72.3 cm³/mol. The van der Waals surface area contributed by atoms with Crippen molar-refractivity contribution in [3.8, 4) is 0 Å². The topological polar surface area (TPSA) is 6.48 Å². The lowest BCUT2D eigenvalue weighted by Gasteiger charge is -2.45. The molecule has 90 valence electrons. The standard InChI is InChI=1S/C12H28N2Si/c1-7-13(8-2)15(11-5,12-6)14(9-3)10-4/h11H,5,7-10,12H2,1-4,6H3. The molecule has 3 heteroatoms. The summed E-state index contributed by atoms with van der Waals surface area (Å²) in [5, 5.41) is 0. The third-order valence-electron chi connectivity index (χ3n) is 3.47. The lowest BCUT2D eigenvalue weighted by Crippen LogP contribution is -2.64. The molecule has 0 aliphatic heterocycles. The molecular formula is C12H28N2Si. The van der Waals surface area contributed by atoms with Crippen molar-refractivity contribution in [3.05, 3.63) is 12.3 Å². The van der Waals surface area contributed by atoms with Crippen LogP contribution in [0.25, 0.3) is 0 Å². The Balaban J connectivity index is 5.07. The van der Waals surface area contributed by atoms with Gasteiger partial charge < -0.3 is 9.13 Å². The van der Waals surface area contributed by atoms with Gasteiger partial charge in [-0.05, 0) is 32.2 Å². The molecule has 2 nitrogen and oxygen atoms in total. The summed E-state index contributed by atoms with van der Waals surface area (Å²) in [5.41, 5.74) is 2.26. The van der Waals surface area contributed by atoms with E-state index >= 15 is 0 Å². The molecule has 0 unspecified atom stereocenters. The molecule has 0 atom stereocenters. The minimum atomic E-state index is -1.57. The van der Waals surface area contributed by atoms with Gasteiger partial charge in [0.15, 0.2) is 0 Å². The third-order valence-corrected chi connectivity index (χ3v) is 8.62. The molecule has 0 aromatic carbocycles. The molecule has 15 heavy (non-hydrogen) atoms. The average molecular weight is 228 g/mol. The summed E-state index contributed by atoms with van der Waals surface area (Å²) in [5.74, 6) is 0. The normalized spacial score (nSPS) is 12.5. The van der Waals surface area contributed by atoms with E-state index in [1.807, 2.05) is 0 Å². The van der Waals surface area contributed by atoms with E-state index in [1.165, 1.54) is 6.04 Å². The van der Waals surface area contributed by atoms with E-state index in [9.17, 15) is 0 Å². The minimum Gasteiger partial charge on any atom is -0.309 e. The Bertz CT molecular complexity index is 162. The first kappa shape index (κ1) is 14.9. The maximum absolute atomic E-state index is 4.12. The largest absolute Gasteiger partial charge is 0.309 e. The fourth-order valence-electron chi connectivity index (χ4n) is 2.59.